The van der Waals surface area contributed by atoms with Gasteiger partial charge in [-0.15, -0.1) is 0 Å². The molecule has 0 radical (unpaired) electrons. The summed E-state index contributed by atoms with van der Waals surface area (Å²) in [7, 11) is -4.24. The van der Waals surface area contributed by atoms with Gasteiger partial charge in [-0.05, 0) is 6.42 Å². The molecule has 0 amide bonds. The second-order valence-electron chi connectivity index (χ2n) is 4.15. The summed E-state index contributed by atoms with van der Waals surface area (Å²) in [6, 6.07) is 0. The summed E-state index contributed by atoms with van der Waals surface area (Å²) in [5, 5.41) is 0. The van der Waals surface area contributed by atoms with Gasteiger partial charge in [0.15, 0.2) is 0 Å². The first kappa shape index (κ1) is 21.1. The van der Waals surface area contributed by atoms with E-state index in [2.05, 4.69) is 11.4 Å². The van der Waals surface area contributed by atoms with Gasteiger partial charge in [0.1, 0.15) is 0 Å². The molecule has 0 unspecified atom stereocenters. The molecule has 6 heteroatoms. The minimum atomic E-state index is -4.24. The Hall–Kier alpha value is 1.75. The molecular formula is C11H26KO4P. The van der Waals surface area contributed by atoms with E-state index in [1.807, 2.05) is 0 Å². The van der Waals surface area contributed by atoms with Crippen LogP contribution in [0, 0.1) is 0 Å². The van der Waals surface area contributed by atoms with E-state index in [4.69, 9.17) is 9.79 Å². The van der Waals surface area contributed by atoms with Crippen molar-refractivity contribution in [3.8, 4) is 0 Å². The van der Waals surface area contributed by atoms with Gasteiger partial charge < -0.3 is 9.79 Å². The predicted molar refractivity (Wildman–Crippen MR) is 72.4 cm³/mol. The summed E-state index contributed by atoms with van der Waals surface area (Å²) in [5.74, 6) is 0. The fourth-order valence-electron chi connectivity index (χ4n) is 1.60. The van der Waals surface area contributed by atoms with Gasteiger partial charge in [0, 0.05) is 0 Å². The average molecular weight is 292 g/mol. The summed E-state index contributed by atoms with van der Waals surface area (Å²) in [4.78, 5) is 16.9. The average Bonchev–Trinajstić information content (AvgIpc) is 2.19. The van der Waals surface area contributed by atoms with Crippen molar-refractivity contribution in [1.82, 2.24) is 0 Å². The minimum absolute atomic E-state index is 0. The molecule has 0 aliphatic rings. The molecule has 0 atom stereocenters. The van der Waals surface area contributed by atoms with Gasteiger partial charge in [-0.1, -0.05) is 58.3 Å². The van der Waals surface area contributed by atoms with Crippen LogP contribution < -0.4 is 0 Å². The first-order valence-corrected chi connectivity index (χ1v) is 7.79. The van der Waals surface area contributed by atoms with Crippen LogP contribution in [0.1, 0.15) is 64.7 Å². The molecule has 0 fully saturated rings. The van der Waals surface area contributed by atoms with Crippen LogP contribution in [0.5, 0.6) is 0 Å². The van der Waals surface area contributed by atoms with Crippen molar-refractivity contribution in [1.29, 1.82) is 0 Å². The van der Waals surface area contributed by atoms with Gasteiger partial charge in [0.05, 0.1) is 6.61 Å². The van der Waals surface area contributed by atoms with Crippen LogP contribution in [0.3, 0.4) is 0 Å². The molecule has 0 saturated carbocycles. The second kappa shape index (κ2) is 14.2. The van der Waals surface area contributed by atoms with Crippen molar-refractivity contribution in [2.24, 2.45) is 0 Å². The summed E-state index contributed by atoms with van der Waals surface area (Å²) in [5.41, 5.74) is 0. The van der Waals surface area contributed by atoms with Gasteiger partial charge in [0.2, 0.25) is 0 Å². The van der Waals surface area contributed by atoms with Crippen LogP contribution in [0.2, 0.25) is 0 Å². The van der Waals surface area contributed by atoms with Crippen molar-refractivity contribution < 1.29 is 18.9 Å². The van der Waals surface area contributed by atoms with Gasteiger partial charge in [0.25, 0.3) is 0 Å². The molecule has 0 rings (SSSR count). The Labute approximate surface area is 148 Å². The second-order valence-corrected chi connectivity index (χ2v) is 5.39. The van der Waals surface area contributed by atoms with Crippen molar-refractivity contribution in [3.05, 3.63) is 0 Å². The van der Waals surface area contributed by atoms with E-state index in [0.717, 1.165) is 19.3 Å². The van der Waals surface area contributed by atoms with E-state index in [9.17, 15) is 4.57 Å². The molecule has 0 bridgehead atoms. The van der Waals surface area contributed by atoms with Gasteiger partial charge in [-0.2, -0.15) is 0 Å². The molecule has 0 aromatic rings. The third kappa shape index (κ3) is 20.2. The zero-order valence-corrected chi connectivity index (χ0v) is 11.1. The third-order valence-corrected chi connectivity index (χ3v) is 3.03. The molecule has 17 heavy (non-hydrogen) atoms. The summed E-state index contributed by atoms with van der Waals surface area (Å²) >= 11 is 0. The number of phosphoric ester groups is 1. The van der Waals surface area contributed by atoms with Crippen LogP contribution in [0.4, 0.5) is 0 Å². The number of hydrogen-bond acceptors (Lipinski definition) is 2. The number of rotatable bonds is 11. The van der Waals surface area contributed by atoms with E-state index in [1.54, 1.807) is 0 Å². The summed E-state index contributed by atoms with van der Waals surface area (Å²) in [6.45, 7) is 2.38. The Morgan fingerprint density at radius 1 is 0.882 bits per heavy atom. The molecule has 0 aliphatic carbocycles. The van der Waals surface area contributed by atoms with E-state index in [-0.39, 0.29) is 58.0 Å². The Morgan fingerprint density at radius 3 is 1.71 bits per heavy atom. The summed E-state index contributed by atoms with van der Waals surface area (Å²) in [6.07, 6.45) is 10.6. The maximum atomic E-state index is 10.3. The van der Waals surface area contributed by atoms with Crippen molar-refractivity contribution >= 4 is 59.2 Å². The van der Waals surface area contributed by atoms with Crippen LogP contribution in [-0.2, 0) is 9.09 Å². The SMILES string of the molecule is CCCCCCCCCCCOP(=O)(O)O.[KH]. The van der Waals surface area contributed by atoms with E-state index < -0.39 is 7.82 Å². The van der Waals surface area contributed by atoms with Gasteiger partial charge in [-0.3, -0.25) is 4.52 Å². The molecule has 0 aromatic heterocycles. The Balaban J connectivity index is 0. The number of unbranched alkanes of at least 4 members (excludes halogenated alkanes) is 8. The van der Waals surface area contributed by atoms with Crippen molar-refractivity contribution in [3.63, 3.8) is 0 Å². The molecule has 0 aromatic carbocycles. The topological polar surface area (TPSA) is 66.8 Å². The zero-order chi connectivity index (χ0) is 12.3. The fraction of sp³-hybridized carbons (Fsp3) is 1.00. The third-order valence-electron chi connectivity index (χ3n) is 2.51. The van der Waals surface area contributed by atoms with Crippen molar-refractivity contribution in [2.75, 3.05) is 6.61 Å². The molecule has 2 N–H and O–H groups in total. The van der Waals surface area contributed by atoms with Gasteiger partial charge in [-0.25, -0.2) is 4.57 Å². The quantitative estimate of drug-likeness (QED) is 0.349. The summed E-state index contributed by atoms with van der Waals surface area (Å²) < 4.78 is 14.7. The van der Waals surface area contributed by atoms with Crippen LogP contribution in [-0.4, -0.2) is 67.8 Å². The molecule has 0 spiro atoms. The van der Waals surface area contributed by atoms with Gasteiger partial charge >= 0.3 is 59.2 Å². The Kier molecular flexibility index (Phi) is 17.5. The Bertz CT molecular complexity index is 196. The first-order chi connectivity index (χ1) is 7.56. The normalized spacial score (nSPS) is 11.2. The molecule has 0 heterocycles. The van der Waals surface area contributed by atoms with E-state index >= 15 is 0 Å². The number of phosphoric acid groups is 1. The molecule has 0 aliphatic heterocycles. The Morgan fingerprint density at radius 2 is 1.29 bits per heavy atom. The molecule has 4 nitrogen and oxygen atoms in total. The predicted octanol–water partition coefficient (Wildman–Crippen LogP) is 2.98. The van der Waals surface area contributed by atoms with Crippen LogP contribution in [0.25, 0.3) is 0 Å². The zero-order valence-electron chi connectivity index (χ0n) is 10.2. The maximum absolute atomic E-state index is 10.3. The fourth-order valence-corrected chi connectivity index (χ4v) is 1.96. The van der Waals surface area contributed by atoms with Crippen molar-refractivity contribution in [2.45, 2.75) is 64.7 Å². The standard InChI is InChI=1S/C11H25O4P.K.H/c1-2-3-4-5-6-7-8-9-10-11-15-16(12,13)14;;/h2-11H2,1H3,(H2,12,13,14);;. The van der Waals surface area contributed by atoms with E-state index in [1.165, 1.54) is 38.5 Å². The first-order valence-electron chi connectivity index (χ1n) is 6.26. The van der Waals surface area contributed by atoms with Crippen LogP contribution >= 0.6 is 7.82 Å². The molecular weight excluding hydrogens is 266 g/mol. The molecule has 0 saturated heterocycles. The van der Waals surface area contributed by atoms with Crippen LogP contribution in [0.15, 0.2) is 0 Å². The monoisotopic (exact) mass is 292 g/mol. The number of hydrogen-bond donors (Lipinski definition) is 2. The molecule has 100 valence electrons. The van der Waals surface area contributed by atoms with E-state index in [0.29, 0.717) is 0 Å².